The molecule has 4 rings (SSSR count). The van der Waals surface area contributed by atoms with E-state index in [1.165, 1.54) is 4.80 Å². The fraction of sp³-hybridized carbons (Fsp3) is 0.286. The Kier molecular flexibility index (Phi) is 3.37. The maximum absolute atomic E-state index is 5.40. The van der Waals surface area contributed by atoms with Crippen LogP contribution in [0.1, 0.15) is 11.9 Å². The van der Waals surface area contributed by atoms with Crippen molar-refractivity contribution in [3.05, 3.63) is 42.4 Å². The summed E-state index contributed by atoms with van der Waals surface area (Å²) >= 11 is 0. The predicted octanol–water partition coefficient (Wildman–Crippen LogP) is 0.978. The number of morpholine rings is 1. The van der Waals surface area contributed by atoms with E-state index in [9.17, 15) is 0 Å². The van der Waals surface area contributed by atoms with Crippen LogP contribution in [-0.4, -0.2) is 44.9 Å². The first kappa shape index (κ1) is 13.1. The maximum atomic E-state index is 5.40. The van der Waals surface area contributed by atoms with Gasteiger partial charge in [0.15, 0.2) is 11.5 Å². The molecule has 1 N–H and O–H groups in total. The minimum atomic E-state index is -0.0459. The van der Waals surface area contributed by atoms with Crippen LogP contribution in [0.15, 0.2) is 41.1 Å². The van der Waals surface area contributed by atoms with E-state index in [0.29, 0.717) is 30.6 Å². The third-order valence-electron chi connectivity index (χ3n) is 3.37. The smallest absolute Gasteiger partial charge is 0.280 e. The van der Waals surface area contributed by atoms with Gasteiger partial charge in [-0.05, 0) is 12.1 Å². The van der Waals surface area contributed by atoms with E-state index in [0.717, 1.165) is 12.2 Å². The molecule has 2 aromatic heterocycles. The lowest BCUT2D eigenvalue weighted by molar-refractivity contribution is 0.0734. The first-order valence-corrected chi connectivity index (χ1v) is 7.03. The normalized spacial score (nSPS) is 18.5. The SMILES string of the molecule is c1ccc(-n2ncc(-c3nc([C@H]4COCCN4)no3)n2)cc1. The van der Waals surface area contributed by atoms with E-state index in [2.05, 4.69) is 25.7 Å². The van der Waals surface area contributed by atoms with Crippen LogP contribution in [0.5, 0.6) is 0 Å². The molecule has 0 saturated carbocycles. The summed E-state index contributed by atoms with van der Waals surface area (Å²) in [5, 5.41) is 15.9. The number of ether oxygens (including phenoxy) is 1. The fourth-order valence-electron chi connectivity index (χ4n) is 2.26. The molecule has 3 aromatic rings. The average Bonchev–Trinajstić information content (AvgIpc) is 3.26. The van der Waals surface area contributed by atoms with Crippen molar-refractivity contribution in [2.45, 2.75) is 6.04 Å². The van der Waals surface area contributed by atoms with E-state index in [1.54, 1.807) is 6.20 Å². The molecule has 0 aliphatic carbocycles. The topological polar surface area (TPSA) is 90.9 Å². The highest BCUT2D eigenvalue weighted by Crippen LogP contribution is 2.18. The van der Waals surface area contributed by atoms with Crippen molar-refractivity contribution in [2.24, 2.45) is 0 Å². The second-order valence-electron chi connectivity index (χ2n) is 4.89. The monoisotopic (exact) mass is 298 g/mol. The lowest BCUT2D eigenvalue weighted by Gasteiger charge is -2.20. The van der Waals surface area contributed by atoms with Crippen LogP contribution < -0.4 is 5.32 Å². The first-order chi connectivity index (χ1) is 10.9. The Balaban J connectivity index is 1.58. The summed E-state index contributed by atoms with van der Waals surface area (Å²) in [6, 6.07) is 9.60. The molecule has 1 fully saturated rings. The largest absolute Gasteiger partial charge is 0.378 e. The van der Waals surface area contributed by atoms with Crippen molar-refractivity contribution < 1.29 is 9.26 Å². The van der Waals surface area contributed by atoms with E-state index in [4.69, 9.17) is 9.26 Å². The molecule has 0 unspecified atom stereocenters. The predicted molar refractivity (Wildman–Crippen MR) is 76.2 cm³/mol. The van der Waals surface area contributed by atoms with Gasteiger partial charge in [-0.2, -0.15) is 14.9 Å². The number of benzene rings is 1. The quantitative estimate of drug-likeness (QED) is 0.770. The molecular weight excluding hydrogens is 284 g/mol. The van der Waals surface area contributed by atoms with Crippen molar-refractivity contribution >= 4 is 0 Å². The second kappa shape index (κ2) is 5.66. The van der Waals surface area contributed by atoms with Gasteiger partial charge in [-0.3, -0.25) is 0 Å². The molecule has 0 radical (unpaired) electrons. The number of hydrogen-bond donors (Lipinski definition) is 1. The van der Waals surface area contributed by atoms with Crippen LogP contribution in [-0.2, 0) is 4.74 Å². The molecular formula is C14H14N6O2. The molecule has 22 heavy (non-hydrogen) atoms. The minimum absolute atomic E-state index is 0.0459. The number of nitrogens with one attached hydrogen (secondary N) is 1. The number of aromatic nitrogens is 5. The van der Waals surface area contributed by atoms with Crippen LogP contribution in [0.25, 0.3) is 17.3 Å². The van der Waals surface area contributed by atoms with Gasteiger partial charge in [0, 0.05) is 6.54 Å². The summed E-state index contributed by atoms with van der Waals surface area (Å²) < 4.78 is 10.7. The second-order valence-corrected chi connectivity index (χ2v) is 4.89. The summed E-state index contributed by atoms with van der Waals surface area (Å²) in [6.45, 7) is 2.01. The van der Waals surface area contributed by atoms with Gasteiger partial charge < -0.3 is 14.6 Å². The van der Waals surface area contributed by atoms with Crippen LogP contribution in [0.3, 0.4) is 0 Å². The van der Waals surface area contributed by atoms with Gasteiger partial charge in [0.05, 0.1) is 31.1 Å². The van der Waals surface area contributed by atoms with Crippen LogP contribution in [0.2, 0.25) is 0 Å². The molecule has 3 heterocycles. The van der Waals surface area contributed by atoms with Crippen LogP contribution in [0.4, 0.5) is 0 Å². The van der Waals surface area contributed by atoms with E-state index < -0.39 is 0 Å². The number of para-hydroxylation sites is 1. The molecule has 1 aliphatic rings. The zero-order valence-corrected chi connectivity index (χ0v) is 11.7. The average molecular weight is 298 g/mol. The van der Waals surface area contributed by atoms with Gasteiger partial charge in [-0.25, -0.2) is 0 Å². The van der Waals surface area contributed by atoms with E-state index in [1.807, 2.05) is 30.3 Å². The number of rotatable bonds is 3. The molecule has 112 valence electrons. The van der Waals surface area contributed by atoms with Gasteiger partial charge in [0.1, 0.15) is 0 Å². The molecule has 0 amide bonds. The highest BCUT2D eigenvalue weighted by molar-refractivity contribution is 5.44. The lowest BCUT2D eigenvalue weighted by Crippen LogP contribution is -2.35. The van der Waals surface area contributed by atoms with Crippen molar-refractivity contribution in [1.82, 2.24) is 30.5 Å². The van der Waals surface area contributed by atoms with Crippen molar-refractivity contribution in [2.75, 3.05) is 19.8 Å². The highest BCUT2D eigenvalue weighted by Gasteiger charge is 2.22. The van der Waals surface area contributed by atoms with Crippen molar-refractivity contribution in [3.63, 3.8) is 0 Å². The van der Waals surface area contributed by atoms with E-state index >= 15 is 0 Å². The summed E-state index contributed by atoms with van der Waals surface area (Å²) in [6.07, 6.45) is 1.61. The Morgan fingerprint density at radius 1 is 1.23 bits per heavy atom. The standard InChI is InChI=1S/C14H14N6O2/c1-2-4-10(5-3-1)20-16-8-11(18-20)14-17-13(19-22-14)12-9-21-7-6-15-12/h1-5,8,12,15H,6-7,9H2/t12-/m1/s1. The fourth-order valence-corrected chi connectivity index (χ4v) is 2.26. The van der Waals surface area contributed by atoms with Crippen LogP contribution in [0, 0.1) is 0 Å². The van der Waals surface area contributed by atoms with Crippen molar-refractivity contribution in [1.29, 1.82) is 0 Å². The zero-order valence-electron chi connectivity index (χ0n) is 11.7. The van der Waals surface area contributed by atoms with Crippen molar-refractivity contribution in [3.8, 4) is 17.3 Å². The lowest BCUT2D eigenvalue weighted by atomic mass is 10.2. The van der Waals surface area contributed by atoms with E-state index in [-0.39, 0.29) is 6.04 Å². The summed E-state index contributed by atoms with van der Waals surface area (Å²) in [5.74, 6) is 0.925. The van der Waals surface area contributed by atoms with Gasteiger partial charge in [-0.15, -0.1) is 5.10 Å². The number of nitrogens with zero attached hydrogens (tertiary/aromatic N) is 5. The Bertz CT molecular complexity index is 748. The number of hydrogen-bond acceptors (Lipinski definition) is 7. The Morgan fingerprint density at radius 3 is 2.95 bits per heavy atom. The molecule has 0 bridgehead atoms. The third kappa shape index (κ3) is 2.49. The zero-order chi connectivity index (χ0) is 14.8. The Hall–Kier alpha value is -2.58. The molecule has 8 nitrogen and oxygen atoms in total. The molecule has 0 spiro atoms. The molecule has 1 aromatic carbocycles. The molecule has 1 atom stereocenters. The van der Waals surface area contributed by atoms with Gasteiger partial charge in [-0.1, -0.05) is 23.4 Å². The Labute approximate surface area is 126 Å². The molecule has 8 heteroatoms. The summed E-state index contributed by atoms with van der Waals surface area (Å²) in [5.41, 5.74) is 1.41. The Morgan fingerprint density at radius 2 is 2.14 bits per heavy atom. The first-order valence-electron chi connectivity index (χ1n) is 7.03. The third-order valence-corrected chi connectivity index (χ3v) is 3.37. The van der Waals surface area contributed by atoms with Gasteiger partial charge in [0.2, 0.25) is 0 Å². The molecule has 1 saturated heterocycles. The molecule has 1 aliphatic heterocycles. The maximum Gasteiger partial charge on any atom is 0.280 e. The highest BCUT2D eigenvalue weighted by atomic mass is 16.5. The van der Waals surface area contributed by atoms with Gasteiger partial charge in [0.25, 0.3) is 5.89 Å². The van der Waals surface area contributed by atoms with Gasteiger partial charge >= 0.3 is 0 Å². The summed E-state index contributed by atoms with van der Waals surface area (Å²) in [7, 11) is 0. The summed E-state index contributed by atoms with van der Waals surface area (Å²) in [4.78, 5) is 5.90. The minimum Gasteiger partial charge on any atom is -0.378 e. The van der Waals surface area contributed by atoms with Crippen LogP contribution >= 0.6 is 0 Å².